The highest BCUT2D eigenvalue weighted by atomic mass is 32.1. The Balaban J connectivity index is 2.06. The van der Waals surface area contributed by atoms with E-state index in [9.17, 15) is 24.3 Å². The van der Waals surface area contributed by atoms with Gasteiger partial charge in [-0.2, -0.15) is 0 Å². The molecule has 3 aromatic heterocycles. The van der Waals surface area contributed by atoms with Gasteiger partial charge in [0.15, 0.2) is 0 Å². The van der Waals surface area contributed by atoms with Crippen molar-refractivity contribution in [3.63, 3.8) is 0 Å². The van der Waals surface area contributed by atoms with E-state index < -0.39 is 17.2 Å². The van der Waals surface area contributed by atoms with Crippen LogP contribution in [-0.2, 0) is 27.2 Å². The SMILES string of the molecule is CC(C)Cn1c(=O)n(C)c(=O)c2c(C(=O)O)c(Cn3c(=O)n(C)c4ccccc43)sc21. The Bertz CT molecular complexity index is 1530. The van der Waals surface area contributed by atoms with Gasteiger partial charge in [-0.15, -0.1) is 11.3 Å². The molecule has 0 aliphatic heterocycles. The molecule has 4 rings (SSSR count). The fourth-order valence-corrected chi connectivity index (χ4v) is 5.17. The number of aromatic carboxylic acids is 1. The lowest BCUT2D eigenvalue weighted by Crippen LogP contribution is -2.38. The normalized spacial score (nSPS) is 11.8. The lowest BCUT2D eigenvalue weighted by atomic mass is 10.1. The Kier molecular flexibility index (Phi) is 4.97. The van der Waals surface area contributed by atoms with Crippen LogP contribution in [0.25, 0.3) is 21.3 Å². The number of fused-ring (bicyclic) bond motifs is 2. The van der Waals surface area contributed by atoms with Crippen molar-refractivity contribution < 1.29 is 9.90 Å². The van der Waals surface area contributed by atoms with Crippen molar-refractivity contribution in [1.29, 1.82) is 0 Å². The average molecular weight is 442 g/mol. The summed E-state index contributed by atoms with van der Waals surface area (Å²) in [5, 5.41) is 9.96. The summed E-state index contributed by atoms with van der Waals surface area (Å²) in [6.45, 7) is 4.20. The first-order valence-corrected chi connectivity index (χ1v) is 10.6. The van der Waals surface area contributed by atoms with Crippen LogP contribution < -0.4 is 16.9 Å². The number of carboxylic acid groups (broad SMARTS) is 1. The van der Waals surface area contributed by atoms with E-state index in [0.29, 0.717) is 21.8 Å². The number of aromatic nitrogens is 4. The topological polar surface area (TPSA) is 108 Å². The number of hydrogen-bond acceptors (Lipinski definition) is 5. The molecule has 9 nitrogen and oxygen atoms in total. The van der Waals surface area contributed by atoms with Crippen LogP contribution >= 0.6 is 11.3 Å². The molecule has 1 N–H and O–H groups in total. The van der Waals surface area contributed by atoms with Gasteiger partial charge in [0.2, 0.25) is 0 Å². The van der Waals surface area contributed by atoms with Crippen molar-refractivity contribution >= 4 is 38.6 Å². The zero-order chi connectivity index (χ0) is 22.6. The van der Waals surface area contributed by atoms with Crippen molar-refractivity contribution in [3.8, 4) is 0 Å². The number of imidazole rings is 1. The minimum atomic E-state index is -1.26. The largest absolute Gasteiger partial charge is 0.478 e. The number of benzene rings is 1. The second-order valence-electron chi connectivity index (χ2n) is 7.95. The average Bonchev–Trinajstić information content (AvgIpc) is 3.21. The van der Waals surface area contributed by atoms with Gasteiger partial charge in [0, 0.05) is 25.5 Å². The Morgan fingerprint density at radius 1 is 1.00 bits per heavy atom. The first-order chi connectivity index (χ1) is 14.6. The number of aryl methyl sites for hydroxylation is 1. The molecule has 0 radical (unpaired) electrons. The van der Waals surface area contributed by atoms with Crippen LogP contribution in [0.4, 0.5) is 0 Å². The molecule has 0 aliphatic carbocycles. The number of carboxylic acids is 1. The van der Waals surface area contributed by atoms with Gasteiger partial charge in [-0.1, -0.05) is 26.0 Å². The van der Waals surface area contributed by atoms with Gasteiger partial charge in [0.25, 0.3) is 5.56 Å². The van der Waals surface area contributed by atoms with Crippen molar-refractivity contribution in [2.24, 2.45) is 20.0 Å². The maximum absolute atomic E-state index is 12.9. The molecule has 0 atom stereocenters. The van der Waals surface area contributed by atoms with Gasteiger partial charge < -0.3 is 5.11 Å². The number of thiophene rings is 1. The molecule has 0 aliphatic rings. The van der Waals surface area contributed by atoms with Gasteiger partial charge in [-0.25, -0.2) is 14.4 Å². The van der Waals surface area contributed by atoms with Crippen LogP contribution in [0.2, 0.25) is 0 Å². The van der Waals surface area contributed by atoms with Crippen LogP contribution in [0.1, 0.15) is 29.1 Å². The summed E-state index contributed by atoms with van der Waals surface area (Å²) in [7, 11) is 3.00. The second kappa shape index (κ2) is 7.38. The Hall–Kier alpha value is -3.40. The summed E-state index contributed by atoms with van der Waals surface area (Å²) in [5.41, 5.74) is -0.196. The first kappa shape index (κ1) is 20.9. The van der Waals surface area contributed by atoms with Crippen molar-refractivity contribution in [1.82, 2.24) is 18.3 Å². The van der Waals surface area contributed by atoms with Gasteiger partial charge in [-0.05, 0) is 18.1 Å². The number of carbonyl (C=O) groups is 1. The molecule has 31 heavy (non-hydrogen) atoms. The summed E-state index contributed by atoms with van der Waals surface area (Å²) in [4.78, 5) is 51.3. The monoisotopic (exact) mass is 442 g/mol. The van der Waals surface area contributed by atoms with E-state index in [4.69, 9.17) is 0 Å². The number of rotatable bonds is 5. The van der Waals surface area contributed by atoms with E-state index in [-0.39, 0.29) is 29.1 Å². The van der Waals surface area contributed by atoms with Crippen molar-refractivity contribution in [2.75, 3.05) is 0 Å². The van der Waals surface area contributed by atoms with Crippen molar-refractivity contribution in [3.05, 3.63) is 66.0 Å². The van der Waals surface area contributed by atoms with Crippen LogP contribution in [0, 0.1) is 5.92 Å². The molecule has 162 valence electrons. The highest BCUT2D eigenvalue weighted by Crippen LogP contribution is 2.30. The molecule has 0 spiro atoms. The van der Waals surface area contributed by atoms with E-state index in [1.807, 2.05) is 26.0 Å². The second-order valence-corrected chi connectivity index (χ2v) is 9.04. The lowest BCUT2D eigenvalue weighted by Gasteiger charge is -2.11. The minimum Gasteiger partial charge on any atom is -0.478 e. The molecular formula is C21H22N4O5S. The maximum Gasteiger partial charge on any atom is 0.337 e. The van der Waals surface area contributed by atoms with Crippen LogP contribution in [0.3, 0.4) is 0 Å². The quantitative estimate of drug-likeness (QED) is 0.507. The molecule has 0 bridgehead atoms. The smallest absolute Gasteiger partial charge is 0.337 e. The Labute approximate surface area is 180 Å². The molecule has 0 amide bonds. The van der Waals surface area contributed by atoms with Crippen LogP contribution in [0.15, 0.2) is 38.6 Å². The Morgan fingerprint density at radius 3 is 2.23 bits per heavy atom. The van der Waals surface area contributed by atoms with E-state index in [1.165, 1.54) is 20.7 Å². The highest BCUT2D eigenvalue weighted by molar-refractivity contribution is 7.19. The van der Waals surface area contributed by atoms with Gasteiger partial charge in [0.1, 0.15) is 4.83 Å². The van der Waals surface area contributed by atoms with E-state index >= 15 is 0 Å². The highest BCUT2D eigenvalue weighted by Gasteiger charge is 2.26. The Morgan fingerprint density at radius 2 is 1.61 bits per heavy atom. The van der Waals surface area contributed by atoms with Crippen molar-refractivity contribution in [2.45, 2.75) is 26.9 Å². The first-order valence-electron chi connectivity index (χ1n) is 9.76. The predicted octanol–water partition coefficient (Wildman–Crippen LogP) is 1.82. The molecule has 10 heteroatoms. The van der Waals surface area contributed by atoms with Gasteiger partial charge >= 0.3 is 17.3 Å². The predicted molar refractivity (Wildman–Crippen MR) is 119 cm³/mol. The number of nitrogens with zero attached hydrogens (tertiary/aromatic N) is 4. The summed E-state index contributed by atoms with van der Waals surface area (Å²) in [6, 6.07) is 7.23. The van der Waals surface area contributed by atoms with E-state index in [2.05, 4.69) is 0 Å². The molecule has 0 fully saturated rings. The van der Waals surface area contributed by atoms with E-state index in [1.54, 1.807) is 19.2 Å². The summed E-state index contributed by atoms with van der Waals surface area (Å²) in [5.74, 6) is -1.15. The molecule has 0 saturated carbocycles. The maximum atomic E-state index is 12.9. The molecule has 0 saturated heterocycles. The van der Waals surface area contributed by atoms with E-state index in [0.717, 1.165) is 21.4 Å². The summed E-state index contributed by atoms with van der Waals surface area (Å²) < 4.78 is 5.38. The molecule has 0 unspecified atom stereocenters. The van der Waals surface area contributed by atoms with Gasteiger partial charge in [0.05, 0.1) is 28.5 Å². The zero-order valence-corrected chi connectivity index (χ0v) is 18.4. The number of para-hydroxylation sites is 2. The third kappa shape index (κ3) is 3.14. The third-order valence-electron chi connectivity index (χ3n) is 5.36. The van der Waals surface area contributed by atoms with Crippen LogP contribution in [-0.4, -0.2) is 29.3 Å². The number of hydrogen-bond donors (Lipinski definition) is 1. The molecule has 4 aromatic rings. The van der Waals surface area contributed by atoms with Crippen LogP contribution in [0.5, 0.6) is 0 Å². The lowest BCUT2D eigenvalue weighted by molar-refractivity contribution is 0.0698. The third-order valence-corrected chi connectivity index (χ3v) is 6.56. The molecular weight excluding hydrogens is 420 g/mol. The summed E-state index contributed by atoms with van der Waals surface area (Å²) in [6.07, 6.45) is 0. The van der Waals surface area contributed by atoms with Gasteiger partial charge in [-0.3, -0.25) is 23.1 Å². The molecule has 1 aromatic carbocycles. The minimum absolute atomic E-state index is 0.00327. The summed E-state index contributed by atoms with van der Waals surface area (Å²) >= 11 is 1.08. The fourth-order valence-electron chi connectivity index (χ4n) is 3.90. The molecule has 3 heterocycles. The standard InChI is InChI=1S/C21H22N4O5S/c1-11(2)9-25-18-16(17(26)23(4)21(25)30)15(19(27)28)14(31-18)10-24-13-8-6-5-7-12(13)22(3)20(24)29/h5-8,11H,9-10H2,1-4H3,(H,27,28). The zero-order valence-electron chi connectivity index (χ0n) is 17.6. The fraction of sp³-hybridized carbons (Fsp3) is 0.333.